The number of nitrogens with one attached hydrogen (secondary N) is 2. The van der Waals surface area contributed by atoms with E-state index in [9.17, 15) is 22.4 Å². The highest BCUT2D eigenvalue weighted by molar-refractivity contribution is 6.17. The van der Waals surface area contributed by atoms with Gasteiger partial charge in [0, 0.05) is 32.2 Å². The maximum absolute atomic E-state index is 14.6. The Morgan fingerprint density at radius 3 is 1.91 bits per heavy atom. The molecule has 0 aliphatic carbocycles. The van der Waals surface area contributed by atoms with E-state index in [-0.39, 0.29) is 44.8 Å². The minimum absolute atomic E-state index is 0.0125. The monoisotopic (exact) mass is 800 g/mol. The molecular weight excluding hydrogens is 756 g/mol. The Morgan fingerprint density at radius 1 is 0.691 bits per heavy atom. The number of imidazole rings is 1. The van der Waals surface area contributed by atoms with Crippen LogP contribution in [0.4, 0.5) is 23.5 Å². The van der Waals surface area contributed by atoms with Crippen LogP contribution in [-0.4, -0.2) is 97.8 Å². The number of rotatable bonds is 28. The first-order valence-corrected chi connectivity index (χ1v) is 18.2. The van der Waals surface area contributed by atoms with Crippen molar-refractivity contribution in [2.45, 2.75) is 45.3 Å². The zero-order chi connectivity index (χ0) is 39.3. The van der Waals surface area contributed by atoms with Crippen LogP contribution in [0.2, 0.25) is 0 Å². The van der Waals surface area contributed by atoms with Gasteiger partial charge in [0.05, 0.1) is 39.4 Å². The van der Waals surface area contributed by atoms with Gasteiger partial charge in [0.15, 0.2) is 23.8 Å². The fourth-order valence-electron chi connectivity index (χ4n) is 4.83. The zero-order valence-corrected chi connectivity index (χ0v) is 30.9. The minimum atomic E-state index is -1.85. The second-order valence-corrected chi connectivity index (χ2v) is 12.2. The minimum Gasteiger partial charge on any atom is -0.485 e. The lowest BCUT2D eigenvalue weighted by Gasteiger charge is -2.14. The molecule has 1 amide bonds. The highest BCUT2D eigenvalue weighted by atomic mass is 35.5. The van der Waals surface area contributed by atoms with E-state index in [2.05, 4.69) is 25.3 Å². The number of unbranched alkanes of at least 4 members (excludes halogenated alkanes) is 3. The number of carbonyl (C=O) groups excluding carboxylic acids is 1. The van der Waals surface area contributed by atoms with Gasteiger partial charge >= 0.3 is 0 Å². The molecule has 0 bridgehead atoms. The van der Waals surface area contributed by atoms with E-state index in [4.69, 9.17) is 50.5 Å². The summed E-state index contributed by atoms with van der Waals surface area (Å²) < 4.78 is 95.6. The third-order valence-electron chi connectivity index (χ3n) is 7.66. The van der Waals surface area contributed by atoms with Gasteiger partial charge in [-0.15, -0.1) is 11.6 Å². The summed E-state index contributed by atoms with van der Waals surface area (Å²) in [5.41, 5.74) is 8.00. The number of hydrogen-bond donors (Lipinski definition) is 3. The first kappa shape index (κ1) is 43.2. The molecular formula is C36H45ClF4N6O8. The topological polar surface area (TPSA) is 174 Å². The lowest BCUT2D eigenvalue weighted by atomic mass is 10.1. The predicted molar refractivity (Wildman–Crippen MR) is 193 cm³/mol. The number of ether oxygens (including phenoxy) is 7. The van der Waals surface area contributed by atoms with Crippen LogP contribution in [0.1, 0.15) is 43.2 Å². The lowest BCUT2D eigenvalue weighted by Crippen LogP contribution is -2.29. The fraction of sp³-hybridized carbons (Fsp3) is 0.500. The number of H-pyrrole nitrogens is 1. The predicted octanol–water partition coefficient (Wildman–Crippen LogP) is 5.40. The van der Waals surface area contributed by atoms with Crippen LogP contribution in [0.15, 0.2) is 30.6 Å². The molecule has 0 unspecified atom stereocenters. The number of nitrogens with two attached hydrogens (primary N) is 1. The average Bonchev–Trinajstić information content (AvgIpc) is 3.66. The molecule has 0 aliphatic heterocycles. The van der Waals surface area contributed by atoms with Crippen molar-refractivity contribution in [1.82, 2.24) is 25.3 Å². The van der Waals surface area contributed by atoms with E-state index < -0.39 is 53.9 Å². The molecule has 2 aromatic heterocycles. The molecule has 0 aliphatic rings. The number of anilines is 1. The molecule has 55 heavy (non-hydrogen) atoms. The number of benzene rings is 2. The Balaban J connectivity index is 1.06. The summed E-state index contributed by atoms with van der Waals surface area (Å²) in [6.07, 6.45) is 6.37. The van der Waals surface area contributed by atoms with Gasteiger partial charge in [-0.25, -0.2) is 4.98 Å². The number of nitrogen functional groups attached to an aromatic ring is 1. The van der Waals surface area contributed by atoms with E-state index in [1.165, 1.54) is 6.33 Å². The third-order valence-corrected chi connectivity index (χ3v) is 7.92. The number of aromatic nitrogens is 4. The third kappa shape index (κ3) is 14.6. The van der Waals surface area contributed by atoms with E-state index in [0.717, 1.165) is 31.2 Å². The van der Waals surface area contributed by atoms with Gasteiger partial charge < -0.3 is 49.2 Å². The summed E-state index contributed by atoms with van der Waals surface area (Å²) in [6.45, 7) is 1.82. The van der Waals surface area contributed by atoms with E-state index in [1.54, 1.807) is 24.3 Å². The number of nitrogens with zero attached hydrogens (tertiary/aromatic N) is 3. The van der Waals surface area contributed by atoms with Crippen molar-refractivity contribution >= 4 is 34.6 Å². The Labute approximate surface area is 320 Å². The Bertz CT molecular complexity index is 1730. The summed E-state index contributed by atoms with van der Waals surface area (Å²) in [4.78, 5) is 27.3. The van der Waals surface area contributed by atoms with E-state index in [0.29, 0.717) is 62.1 Å². The molecule has 0 atom stereocenters. The summed E-state index contributed by atoms with van der Waals surface area (Å²) in [7, 11) is 0. The van der Waals surface area contributed by atoms with Crippen molar-refractivity contribution in [2.24, 2.45) is 0 Å². The summed E-state index contributed by atoms with van der Waals surface area (Å²) in [5.74, 6) is -9.85. The highest BCUT2D eigenvalue weighted by Crippen LogP contribution is 2.34. The normalized spacial score (nSPS) is 11.3. The maximum atomic E-state index is 14.6. The molecule has 14 nitrogen and oxygen atoms in total. The SMILES string of the molecule is Nc1nc(OCc2ccc(CNC(=O)COc3c(F)c(F)c(OCCOCCOCCCOCCOCCCCCCCl)c(F)c3F)cc2)c2[nH]cnc2n1. The number of amides is 1. The summed E-state index contributed by atoms with van der Waals surface area (Å²) in [5, 5.41) is 2.50. The van der Waals surface area contributed by atoms with Crippen molar-refractivity contribution in [3.63, 3.8) is 0 Å². The van der Waals surface area contributed by atoms with Crippen LogP contribution < -0.4 is 25.3 Å². The Kier molecular flexibility index (Phi) is 19.0. The van der Waals surface area contributed by atoms with Gasteiger partial charge in [0.2, 0.25) is 35.1 Å². The Hall–Kier alpha value is -4.49. The molecule has 0 saturated heterocycles. The molecule has 2 heterocycles. The molecule has 4 rings (SSSR count). The molecule has 0 saturated carbocycles. The molecule has 0 radical (unpaired) electrons. The average molecular weight is 801 g/mol. The molecule has 0 spiro atoms. The molecule has 0 fully saturated rings. The van der Waals surface area contributed by atoms with Crippen LogP contribution >= 0.6 is 11.6 Å². The van der Waals surface area contributed by atoms with Gasteiger partial charge in [-0.05, 0) is 30.4 Å². The van der Waals surface area contributed by atoms with Gasteiger partial charge in [-0.2, -0.15) is 27.5 Å². The van der Waals surface area contributed by atoms with Crippen LogP contribution in [0.25, 0.3) is 11.2 Å². The van der Waals surface area contributed by atoms with Gasteiger partial charge in [0.1, 0.15) is 18.7 Å². The van der Waals surface area contributed by atoms with Crippen LogP contribution in [0, 0.1) is 23.3 Å². The van der Waals surface area contributed by atoms with E-state index >= 15 is 0 Å². The van der Waals surface area contributed by atoms with Crippen LogP contribution in [-0.2, 0) is 36.9 Å². The quantitative estimate of drug-likeness (QED) is 0.0289. The number of fused-ring (bicyclic) bond motifs is 1. The summed E-state index contributed by atoms with van der Waals surface area (Å²) >= 11 is 5.64. The molecule has 4 N–H and O–H groups in total. The molecule has 4 aromatic rings. The smallest absolute Gasteiger partial charge is 0.258 e. The second-order valence-electron chi connectivity index (χ2n) is 11.8. The number of hydrogen-bond acceptors (Lipinski definition) is 12. The molecule has 302 valence electrons. The van der Waals surface area contributed by atoms with Crippen molar-refractivity contribution in [1.29, 1.82) is 0 Å². The van der Waals surface area contributed by atoms with Gasteiger partial charge in [-0.1, -0.05) is 37.1 Å². The van der Waals surface area contributed by atoms with Crippen molar-refractivity contribution in [3.05, 3.63) is 65.0 Å². The number of carbonyl (C=O) groups is 1. The number of alkyl halides is 1. The van der Waals surface area contributed by atoms with Crippen molar-refractivity contribution in [3.8, 4) is 17.4 Å². The number of halogens is 5. The maximum Gasteiger partial charge on any atom is 0.258 e. The largest absolute Gasteiger partial charge is 0.485 e. The molecule has 2 aromatic carbocycles. The van der Waals surface area contributed by atoms with Crippen LogP contribution in [0.3, 0.4) is 0 Å². The first-order chi connectivity index (χ1) is 26.8. The first-order valence-electron chi connectivity index (χ1n) is 17.7. The highest BCUT2D eigenvalue weighted by Gasteiger charge is 2.28. The van der Waals surface area contributed by atoms with Gasteiger partial charge in [0.25, 0.3) is 5.91 Å². The summed E-state index contributed by atoms with van der Waals surface area (Å²) in [6, 6.07) is 6.93. The standard InChI is InChI=1S/C36H45ClF4N6O8/c37-10-3-1-2-4-11-49-14-15-50-12-5-13-51-16-17-52-18-19-53-32-27(38)29(40)33(30(41)28(32)39)54-22-26(48)43-20-24-6-8-25(9-7-24)21-55-35-31-34(45-23-44-31)46-36(42)47-35/h6-9,23H,1-5,10-22H2,(H,43,48)(H3,42,44,45,46,47). The van der Waals surface area contributed by atoms with Crippen LogP contribution in [0.5, 0.6) is 17.4 Å². The van der Waals surface area contributed by atoms with Crippen molar-refractivity contribution in [2.75, 3.05) is 77.7 Å². The molecule has 19 heteroatoms. The Morgan fingerprint density at radius 2 is 1.25 bits per heavy atom. The lowest BCUT2D eigenvalue weighted by molar-refractivity contribution is -0.123. The second kappa shape index (κ2) is 24.1. The zero-order valence-electron chi connectivity index (χ0n) is 30.2. The van der Waals surface area contributed by atoms with Gasteiger partial charge in [-0.3, -0.25) is 4.79 Å². The van der Waals surface area contributed by atoms with Crippen molar-refractivity contribution < 1.29 is 55.5 Å². The number of aromatic amines is 1. The fourth-order valence-corrected chi connectivity index (χ4v) is 5.02. The van der Waals surface area contributed by atoms with E-state index in [1.807, 2.05) is 0 Å².